The molecule has 1 unspecified atom stereocenters. The van der Waals surface area contributed by atoms with Gasteiger partial charge in [-0.1, -0.05) is 29.4 Å². The van der Waals surface area contributed by atoms with Crippen LogP contribution in [0.2, 0.25) is 0 Å². The van der Waals surface area contributed by atoms with Gasteiger partial charge in [-0.15, -0.1) is 0 Å². The molecule has 1 heterocycles. The highest BCUT2D eigenvalue weighted by Crippen LogP contribution is 2.61. The standard InChI is InChI=1S/C22H28N3O7PS/c1-5-30-33(27,31-6-2)22(19-12-7-8-13-20(19)26)23-17-10-9-11-18(14-17)34(28,29)25-21-15(3)16(4)24-32-21/h7-14,22-23,25-26H,5-6H2,1-4H3. The molecule has 1 atom stereocenters. The van der Waals surface area contributed by atoms with Crippen molar-refractivity contribution in [2.75, 3.05) is 23.3 Å². The normalized spacial score (nSPS) is 12.9. The van der Waals surface area contributed by atoms with E-state index in [0.29, 0.717) is 16.9 Å². The second-order valence-electron chi connectivity index (χ2n) is 7.34. The van der Waals surface area contributed by atoms with Gasteiger partial charge in [-0.3, -0.25) is 4.57 Å². The zero-order valence-electron chi connectivity index (χ0n) is 19.3. The smallest absolute Gasteiger partial charge is 0.357 e. The van der Waals surface area contributed by atoms with Crippen LogP contribution in [-0.4, -0.2) is 31.9 Å². The molecule has 34 heavy (non-hydrogen) atoms. The first-order valence-electron chi connectivity index (χ1n) is 10.6. The fourth-order valence-corrected chi connectivity index (χ4v) is 6.25. The maximum atomic E-state index is 13.7. The second kappa shape index (κ2) is 10.6. The molecule has 10 nitrogen and oxygen atoms in total. The third-order valence-electron chi connectivity index (χ3n) is 5.00. The minimum atomic E-state index is -4.01. The predicted octanol–water partition coefficient (Wildman–Crippen LogP) is 5.17. The molecule has 3 rings (SSSR count). The molecule has 0 amide bonds. The molecule has 2 aromatic carbocycles. The van der Waals surface area contributed by atoms with Gasteiger partial charge in [0.25, 0.3) is 10.0 Å². The molecular formula is C22H28N3O7PS. The van der Waals surface area contributed by atoms with Crippen molar-refractivity contribution in [1.29, 1.82) is 0 Å². The average Bonchev–Trinajstić information content (AvgIpc) is 3.10. The highest BCUT2D eigenvalue weighted by atomic mass is 32.2. The molecule has 1 aromatic heterocycles. The Balaban J connectivity index is 1.99. The van der Waals surface area contributed by atoms with Crippen molar-refractivity contribution >= 4 is 29.2 Å². The topological polar surface area (TPSA) is 140 Å². The maximum Gasteiger partial charge on any atom is 0.357 e. The summed E-state index contributed by atoms with van der Waals surface area (Å²) in [6.45, 7) is 6.97. The summed E-state index contributed by atoms with van der Waals surface area (Å²) in [6, 6.07) is 12.3. The number of sulfonamides is 1. The highest BCUT2D eigenvalue weighted by Gasteiger charge is 2.38. The molecule has 3 N–H and O–H groups in total. The first-order valence-corrected chi connectivity index (χ1v) is 13.7. The largest absolute Gasteiger partial charge is 0.508 e. The number of para-hydroxylation sites is 1. The van der Waals surface area contributed by atoms with Crippen molar-refractivity contribution < 1.29 is 31.7 Å². The van der Waals surface area contributed by atoms with Crippen LogP contribution in [-0.2, 0) is 23.6 Å². The first kappa shape index (κ1) is 25.8. The number of hydrogen-bond acceptors (Lipinski definition) is 9. The number of phenols is 1. The van der Waals surface area contributed by atoms with E-state index in [1.807, 2.05) is 0 Å². The number of hydrogen-bond donors (Lipinski definition) is 3. The van der Waals surface area contributed by atoms with E-state index in [1.165, 1.54) is 24.3 Å². The van der Waals surface area contributed by atoms with Crippen molar-refractivity contribution in [3.8, 4) is 5.75 Å². The summed E-state index contributed by atoms with van der Waals surface area (Å²) in [5.74, 6) is -1.18. The van der Waals surface area contributed by atoms with E-state index >= 15 is 0 Å². The van der Waals surface area contributed by atoms with Gasteiger partial charge < -0.3 is 24.0 Å². The third-order valence-corrected chi connectivity index (χ3v) is 8.60. The molecule has 0 saturated carbocycles. The predicted molar refractivity (Wildman–Crippen MR) is 129 cm³/mol. The van der Waals surface area contributed by atoms with Crippen LogP contribution in [0, 0.1) is 13.8 Å². The number of aromatic nitrogens is 1. The van der Waals surface area contributed by atoms with Crippen molar-refractivity contribution in [3.63, 3.8) is 0 Å². The Bertz CT molecular complexity index is 1280. The molecule has 12 heteroatoms. The fraction of sp³-hybridized carbons (Fsp3) is 0.318. The Kier molecular flexibility index (Phi) is 8.04. The van der Waals surface area contributed by atoms with Crippen LogP contribution >= 0.6 is 7.60 Å². The summed E-state index contributed by atoms with van der Waals surface area (Å²) >= 11 is 0. The number of aryl methyl sites for hydroxylation is 1. The van der Waals surface area contributed by atoms with E-state index in [1.54, 1.807) is 52.0 Å². The van der Waals surface area contributed by atoms with Crippen LogP contribution in [0.1, 0.15) is 36.5 Å². The molecule has 0 aliphatic carbocycles. The lowest BCUT2D eigenvalue weighted by Gasteiger charge is -2.28. The zero-order valence-corrected chi connectivity index (χ0v) is 21.0. The van der Waals surface area contributed by atoms with Crippen molar-refractivity contribution in [2.45, 2.75) is 38.4 Å². The van der Waals surface area contributed by atoms with Crippen LogP contribution in [0.4, 0.5) is 11.6 Å². The quantitative estimate of drug-likeness (QED) is 0.298. The van der Waals surface area contributed by atoms with Crippen molar-refractivity contribution in [2.24, 2.45) is 0 Å². The summed E-state index contributed by atoms with van der Waals surface area (Å²) in [5, 5.41) is 17.2. The van der Waals surface area contributed by atoms with Gasteiger partial charge >= 0.3 is 7.60 Å². The molecular weight excluding hydrogens is 481 g/mol. The van der Waals surface area contributed by atoms with Gasteiger partial charge in [0.15, 0.2) is 5.78 Å². The summed E-state index contributed by atoms with van der Waals surface area (Å²) in [7, 11) is -7.83. The monoisotopic (exact) mass is 509 g/mol. The minimum Gasteiger partial charge on any atom is -0.508 e. The van der Waals surface area contributed by atoms with E-state index in [0.717, 1.165) is 0 Å². The van der Waals surface area contributed by atoms with Gasteiger partial charge in [-0.05, 0) is 52.0 Å². The van der Waals surface area contributed by atoms with Crippen molar-refractivity contribution in [3.05, 3.63) is 65.4 Å². The summed E-state index contributed by atoms with van der Waals surface area (Å²) in [6.07, 6.45) is 0. The molecule has 0 spiro atoms. The van der Waals surface area contributed by atoms with E-state index in [4.69, 9.17) is 13.6 Å². The summed E-state index contributed by atoms with van der Waals surface area (Å²) in [4.78, 5) is -0.0651. The SMILES string of the molecule is CCOP(=O)(OCC)C(Nc1cccc(S(=O)(=O)Nc2onc(C)c2C)c1)c1ccccc1O. The number of nitrogens with zero attached hydrogens (tertiary/aromatic N) is 1. The van der Waals surface area contributed by atoms with Crippen LogP contribution in [0.3, 0.4) is 0 Å². The number of rotatable bonds is 11. The summed E-state index contributed by atoms with van der Waals surface area (Å²) in [5.41, 5.74) is 1.75. The Labute approximate surface area is 198 Å². The number of phenolic OH excluding ortho intramolecular Hbond substituents is 1. The summed E-state index contributed by atoms with van der Waals surface area (Å²) < 4.78 is 58.1. The van der Waals surface area contributed by atoms with E-state index in [9.17, 15) is 18.1 Å². The number of anilines is 2. The molecule has 0 aliphatic rings. The van der Waals surface area contributed by atoms with Gasteiger partial charge in [-0.2, -0.15) is 0 Å². The Morgan fingerprint density at radius 3 is 2.35 bits per heavy atom. The molecule has 0 fully saturated rings. The van der Waals surface area contributed by atoms with E-state index in [-0.39, 0.29) is 35.3 Å². The second-order valence-corrected chi connectivity index (χ2v) is 11.1. The zero-order chi connectivity index (χ0) is 24.9. The van der Waals surface area contributed by atoms with Crippen molar-refractivity contribution in [1.82, 2.24) is 5.16 Å². The van der Waals surface area contributed by atoms with Crippen LogP contribution in [0.15, 0.2) is 57.9 Å². The molecule has 3 aromatic rings. The van der Waals surface area contributed by atoms with Gasteiger partial charge in [0.05, 0.1) is 23.8 Å². The van der Waals surface area contributed by atoms with Gasteiger partial charge in [0.2, 0.25) is 5.88 Å². The molecule has 0 radical (unpaired) electrons. The van der Waals surface area contributed by atoms with E-state index in [2.05, 4.69) is 15.2 Å². The minimum absolute atomic E-state index is 0.0279. The molecule has 0 aliphatic heterocycles. The average molecular weight is 510 g/mol. The molecule has 0 bridgehead atoms. The van der Waals surface area contributed by atoms with Crippen LogP contribution in [0.5, 0.6) is 5.75 Å². The number of aromatic hydroxyl groups is 1. The Hall–Kier alpha value is -2.85. The highest BCUT2D eigenvalue weighted by molar-refractivity contribution is 7.92. The van der Waals surface area contributed by atoms with Gasteiger partial charge in [0, 0.05) is 16.8 Å². The Morgan fingerprint density at radius 1 is 1.09 bits per heavy atom. The van der Waals surface area contributed by atoms with Crippen LogP contribution in [0.25, 0.3) is 0 Å². The fourth-order valence-electron chi connectivity index (χ4n) is 3.19. The van der Waals surface area contributed by atoms with Crippen LogP contribution < -0.4 is 10.0 Å². The van der Waals surface area contributed by atoms with Gasteiger partial charge in [-0.25, -0.2) is 13.1 Å². The molecule has 184 valence electrons. The maximum absolute atomic E-state index is 13.7. The van der Waals surface area contributed by atoms with E-state index < -0.39 is 23.4 Å². The molecule has 0 saturated heterocycles. The first-order chi connectivity index (χ1) is 16.1. The lowest BCUT2D eigenvalue weighted by molar-refractivity contribution is 0.213. The number of benzene rings is 2. The lowest BCUT2D eigenvalue weighted by atomic mass is 10.2. The number of nitrogens with one attached hydrogen (secondary N) is 2. The lowest BCUT2D eigenvalue weighted by Crippen LogP contribution is -2.17. The third kappa shape index (κ3) is 5.61. The van der Waals surface area contributed by atoms with Gasteiger partial charge in [0.1, 0.15) is 5.75 Å². The Morgan fingerprint density at radius 2 is 1.76 bits per heavy atom.